The van der Waals surface area contributed by atoms with E-state index >= 15 is 0 Å². The monoisotopic (exact) mass is 363 g/mol. The summed E-state index contributed by atoms with van der Waals surface area (Å²) in [5.74, 6) is -0.537. The van der Waals surface area contributed by atoms with E-state index in [1.54, 1.807) is 12.1 Å². The van der Waals surface area contributed by atoms with Gasteiger partial charge in [0.1, 0.15) is 0 Å². The fourth-order valence-electron chi connectivity index (χ4n) is 2.66. The van der Waals surface area contributed by atoms with Crippen LogP contribution in [0.3, 0.4) is 0 Å². The molecule has 0 fully saturated rings. The topological polar surface area (TPSA) is 37.4 Å². The highest BCUT2D eigenvalue weighted by Gasteiger charge is 2.40. The Kier molecular flexibility index (Phi) is 4.26. The molecule has 2 amide bonds. The fourth-order valence-corrected chi connectivity index (χ4v) is 4.50. The predicted octanol–water partition coefficient (Wildman–Crippen LogP) is 4.82. The van der Waals surface area contributed by atoms with Gasteiger partial charge in [0.2, 0.25) is 0 Å². The first-order valence-electron chi connectivity index (χ1n) is 7.70. The zero-order valence-electron chi connectivity index (χ0n) is 13.1. The van der Waals surface area contributed by atoms with E-state index in [0.717, 1.165) is 9.77 Å². The molecule has 2 aromatic carbocycles. The molecule has 3 aromatic rings. The van der Waals surface area contributed by atoms with Crippen LogP contribution in [0.1, 0.15) is 4.88 Å². The molecule has 0 aliphatic carbocycles. The first-order chi connectivity index (χ1) is 12.3. The molecule has 4 rings (SSSR count). The van der Waals surface area contributed by atoms with Gasteiger partial charge >= 0.3 is 0 Å². The Morgan fingerprint density at radius 3 is 2.08 bits per heavy atom. The second-order valence-electron chi connectivity index (χ2n) is 5.38. The van der Waals surface area contributed by atoms with Crippen molar-refractivity contribution in [2.45, 2.75) is 4.90 Å². The highest BCUT2D eigenvalue weighted by molar-refractivity contribution is 8.04. The van der Waals surface area contributed by atoms with Crippen molar-refractivity contribution in [3.63, 3.8) is 0 Å². The molecule has 0 N–H and O–H groups in total. The van der Waals surface area contributed by atoms with Gasteiger partial charge in [-0.1, -0.05) is 54.2 Å². The summed E-state index contributed by atoms with van der Waals surface area (Å²) in [6.45, 7) is 0. The Bertz CT molecular complexity index is 948. The number of anilines is 1. The summed E-state index contributed by atoms with van der Waals surface area (Å²) in [5.41, 5.74) is 1.08. The van der Waals surface area contributed by atoms with Crippen molar-refractivity contribution in [1.29, 1.82) is 0 Å². The highest BCUT2D eigenvalue weighted by Crippen LogP contribution is 2.42. The van der Waals surface area contributed by atoms with Crippen LogP contribution in [-0.4, -0.2) is 11.8 Å². The SMILES string of the molecule is O=C1C(Sc2ccccc2)=C(c2cccs2)C(=O)N1c1ccccc1. The zero-order chi connectivity index (χ0) is 17.2. The molecule has 1 aromatic heterocycles. The summed E-state index contributed by atoms with van der Waals surface area (Å²) < 4.78 is 0. The first-order valence-corrected chi connectivity index (χ1v) is 9.40. The standard InChI is InChI=1S/C20H13NO2S2/c22-19-17(16-12-7-13-24-16)18(25-15-10-5-2-6-11-15)20(23)21(19)14-8-3-1-4-9-14/h1-13H. The summed E-state index contributed by atoms with van der Waals surface area (Å²) >= 11 is 2.81. The number of amides is 2. The molecule has 0 radical (unpaired) electrons. The Morgan fingerprint density at radius 1 is 0.760 bits per heavy atom. The van der Waals surface area contributed by atoms with Gasteiger partial charge in [-0.3, -0.25) is 9.59 Å². The van der Waals surface area contributed by atoms with Crippen LogP contribution in [0.2, 0.25) is 0 Å². The smallest absolute Gasteiger partial charge is 0.268 e. The molecule has 1 aliphatic rings. The van der Waals surface area contributed by atoms with Gasteiger partial charge in [0.25, 0.3) is 11.8 Å². The summed E-state index contributed by atoms with van der Waals surface area (Å²) in [6, 6.07) is 22.5. The van der Waals surface area contributed by atoms with Crippen molar-refractivity contribution in [1.82, 2.24) is 0 Å². The lowest BCUT2D eigenvalue weighted by Crippen LogP contribution is -2.31. The van der Waals surface area contributed by atoms with Crippen molar-refractivity contribution < 1.29 is 9.59 Å². The molecule has 0 spiro atoms. The third kappa shape index (κ3) is 2.92. The minimum Gasteiger partial charge on any atom is -0.268 e. The lowest BCUT2D eigenvalue weighted by molar-refractivity contribution is -0.119. The Balaban J connectivity index is 1.81. The molecule has 0 saturated heterocycles. The molecule has 3 nitrogen and oxygen atoms in total. The molecule has 0 unspecified atom stereocenters. The third-order valence-electron chi connectivity index (χ3n) is 3.79. The van der Waals surface area contributed by atoms with Crippen LogP contribution < -0.4 is 4.90 Å². The molecule has 5 heteroatoms. The maximum absolute atomic E-state index is 13.1. The number of hydrogen-bond acceptors (Lipinski definition) is 4. The molecule has 0 saturated carbocycles. The van der Waals surface area contributed by atoms with Gasteiger partial charge in [-0.15, -0.1) is 11.3 Å². The summed E-state index contributed by atoms with van der Waals surface area (Å²) in [7, 11) is 0. The van der Waals surface area contributed by atoms with Crippen LogP contribution in [-0.2, 0) is 9.59 Å². The van der Waals surface area contributed by atoms with E-state index in [1.807, 2.05) is 66.0 Å². The van der Waals surface area contributed by atoms with Gasteiger partial charge in [0.15, 0.2) is 0 Å². The van der Waals surface area contributed by atoms with Crippen molar-refractivity contribution >= 4 is 46.2 Å². The molecular formula is C20H13NO2S2. The van der Waals surface area contributed by atoms with Gasteiger partial charge < -0.3 is 0 Å². The van der Waals surface area contributed by atoms with Crippen LogP contribution >= 0.6 is 23.1 Å². The van der Waals surface area contributed by atoms with Crippen molar-refractivity contribution in [2.24, 2.45) is 0 Å². The van der Waals surface area contributed by atoms with E-state index in [4.69, 9.17) is 0 Å². The molecule has 122 valence electrons. The number of hydrogen-bond donors (Lipinski definition) is 0. The number of para-hydroxylation sites is 1. The molecule has 0 bridgehead atoms. The molecule has 25 heavy (non-hydrogen) atoms. The van der Waals surface area contributed by atoms with Crippen LogP contribution in [0, 0.1) is 0 Å². The predicted molar refractivity (Wildman–Crippen MR) is 102 cm³/mol. The lowest BCUT2D eigenvalue weighted by atomic mass is 10.2. The summed E-state index contributed by atoms with van der Waals surface area (Å²) in [6.07, 6.45) is 0. The Hall–Kier alpha value is -2.63. The molecule has 2 heterocycles. The van der Waals surface area contributed by atoms with Gasteiger partial charge in [-0.25, -0.2) is 4.90 Å². The van der Waals surface area contributed by atoms with E-state index in [1.165, 1.54) is 28.0 Å². The van der Waals surface area contributed by atoms with E-state index in [2.05, 4.69) is 0 Å². The van der Waals surface area contributed by atoms with E-state index in [0.29, 0.717) is 16.2 Å². The first kappa shape index (κ1) is 15.9. The average Bonchev–Trinajstić information content (AvgIpc) is 3.24. The highest BCUT2D eigenvalue weighted by atomic mass is 32.2. The number of thioether (sulfide) groups is 1. The van der Waals surface area contributed by atoms with Gasteiger partial charge in [0.05, 0.1) is 16.2 Å². The fraction of sp³-hybridized carbons (Fsp3) is 0. The van der Waals surface area contributed by atoms with Crippen molar-refractivity contribution in [3.05, 3.63) is 88.0 Å². The van der Waals surface area contributed by atoms with Gasteiger partial charge in [0, 0.05) is 9.77 Å². The zero-order valence-corrected chi connectivity index (χ0v) is 14.7. The number of rotatable bonds is 4. The maximum atomic E-state index is 13.1. The number of carbonyl (C=O) groups is 2. The van der Waals surface area contributed by atoms with Crippen molar-refractivity contribution in [3.8, 4) is 0 Å². The second-order valence-corrected chi connectivity index (χ2v) is 7.41. The van der Waals surface area contributed by atoms with E-state index in [9.17, 15) is 9.59 Å². The van der Waals surface area contributed by atoms with Crippen LogP contribution in [0.15, 0.2) is 88.0 Å². The normalized spacial score (nSPS) is 14.5. The summed E-state index contributed by atoms with van der Waals surface area (Å²) in [5, 5.41) is 1.91. The average molecular weight is 363 g/mol. The minimum absolute atomic E-state index is 0.267. The third-order valence-corrected chi connectivity index (χ3v) is 5.76. The number of carbonyl (C=O) groups excluding carboxylic acids is 2. The molecular weight excluding hydrogens is 350 g/mol. The Labute approximate surface area is 153 Å². The number of benzene rings is 2. The maximum Gasteiger partial charge on any atom is 0.272 e. The number of imide groups is 1. The number of nitrogens with zero attached hydrogens (tertiary/aromatic N) is 1. The minimum atomic E-state index is -0.270. The van der Waals surface area contributed by atoms with E-state index in [-0.39, 0.29) is 11.8 Å². The van der Waals surface area contributed by atoms with Crippen LogP contribution in [0.4, 0.5) is 5.69 Å². The van der Waals surface area contributed by atoms with Gasteiger partial charge in [-0.05, 0) is 35.7 Å². The lowest BCUT2D eigenvalue weighted by Gasteiger charge is -2.14. The number of thiophene rings is 1. The largest absolute Gasteiger partial charge is 0.272 e. The molecule has 1 aliphatic heterocycles. The van der Waals surface area contributed by atoms with Crippen LogP contribution in [0.25, 0.3) is 5.57 Å². The molecule has 0 atom stereocenters. The quantitative estimate of drug-likeness (QED) is 0.623. The summed E-state index contributed by atoms with van der Waals surface area (Å²) in [4.78, 5) is 29.6. The van der Waals surface area contributed by atoms with E-state index < -0.39 is 0 Å². The van der Waals surface area contributed by atoms with Crippen molar-refractivity contribution in [2.75, 3.05) is 4.90 Å². The van der Waals surface area contributed by atoms with Gasteiger partial charge in [-0.2, -0.15) is 0 Å². The second kappa shape index (κ2) is 6.70. The Morgan fingerprint density at radius 2 is 1.44 bits per heavy atom. The van der Waals surface area contributed by atoms with Crippen LogP contribution in [0.5, 0.6) is 0 Å².